The number of nitrogens with two attached hydrogens (primary N) is 1. The largest absolute Gasteiger partial charge is 0.473 e. The van der Waals surface area contributed by atoms with Gasteiger partial charge in [-0.15, -0.1) is 0 Å². The number of pyridine rings is 1. The predicted molar refractivity (Wildman–Crippen MR) is 91.3 cm³/mol. The molecule has 1 aliphatic carbocycles. The van der Waals surface area contributed by atoms with Crippen molar-refractivity contribution < 1.29 is 22.3 Å². The van der Waals surface area contributed by atoms with E-state index in [1.807, 2.05) is 0 Å². The number of amides is 1. The molecule has 2 fully saturated rings. The zero-order valence-corrected chi connectivity index (χ0v) is 15.1. The van der Waals surface area contributed by atoms with E-state index in [9.17, 15) is 17.6 Å². The van der Waals surface area contributed by atoms with E-state index in [-0.39, 0.29) is 53.2 Å². The first-order chi connectivity index (χ1) is 12.4. The number of piperidine rings is 1. The van der Waals surface area contributed by atoms with Gasteiger partial charge >= 0.3 is 0 Å². The van der Waals surface area contributed by atoms with Crippen LogP contribution in [0.5, 0.6) is 5.88 Å². The summed E-state index contributed by atoms with van der Waals surface area (Å²) in [5, 5.41) is 2.61. The molecule has 0 radical (unpaired) electrons. The first-order valence-electron chi connectivity index (χ1n) is 8.21. The first-order valence-corrected chi connectivity index (χ1v) is 9.65. The van der Waals surface area contributed by atoms with E-state index in [0.29, 0.717) is 19.4 Å². The molecule has 2 atom stereocenters. The molecule has 0 aromatic carbocycles. The molecule has 1 aromatic rings. The smallest absolute Gasteiger partial charge is 0.244 e. The highest BCUT2D eigenvalue weighted by atomic mass is 32.2. The Morgan fingerprint density at radius 2 is 2.15 bits per heavy atom. The topological polar surface area (TPSA) is 115 Å². The molecule has 1 saturated heterocycles. The lowest BCUT2D eigenvalue weighted by atomic mass is 10.2. The normalized spacial score (nSPS) is 25.7. The minimum atomic E-state index is -3.66. The highest BCUT2D eigenvalue weighted by Crippen LogP contribution is 2.52. The molecule has 0 spiro atoms. The van der Waals surface area contributed by atoms with Crippen molar-refractivity contribution in [1.82, 2.24) is 14.6 Å². The Labute approximate surface area is 151 Å². The van der Waals surface area contributed by atoms with E-state index in [1.165, 1.54) is 22.6 Å². The van der Waals surface area contributed by atoms with Gasteiger partial charge in [-0.05, 0) is 17.9 Å². The number of nitrogens with one attached hydrogen (secondary N) is 1. The van der Waals surface area contributed by atoms with Crippen LogP contribution in [0.4, 0.5) is 4.39 Å². The molecular weight excluding hydrogens is 363 g/mol. The molecule has 8 nitrogen and oxygen atoms in total. The van der Waals surface area contributed by atoms with E-state index < -0.39 is 10.0 Å². The van der Waals surface area contributed by atoms with Gasteiger partial charge in [-0.25, -0.2) is 17.8 Å². The maximum atomic E-state index is 12.7. The Hall–Kier alpha value is -2.04. The van der Waals surface area contributed by atoms with Crippen LogP contribution >= 0.6 is 0 Å². The molecule has 2 aliphatic rings. The van der Waals surface area contributed by atoms with Crippen molar-refractivity contribution in [3.63, 3.8) is 0 Å². The molecule has 0 bridgehead atoms. The Kier molecular flexibility index (Phi) is 5.26. The molecule has 3 N–H and O–H groups in total. The number of fused-ring (bicyclic) bond motifs is 1. The number of carbonyl (C=O) groups excluding carboxylic acids is 1. The summed E-state index contributed by atoms with van der Waals surface area (Å²) in [5.41, 5.74) is 5.60. The van der Waals surface area contributed by atoms with Crippen LogP contribution in [0.1, 0.15) is 0 Å². The summed E-state index contributed by atoms with van der Waals surface area (Å²) in [6, 6.07) is 2.82. The summed E-state index contributed by atoms with van der Waals surface area (Å²) in [6.07, 6.45) is 1.59. The van der Waals surface area contributed by atoms with Gasteiger partial charge in [0.25, 0.3) is 0 Å². The molecule has 10 heteroatoms. The van der Waals surface area contributed by atoms with Crippen LogP contribution < -0.4 is 15.8 Å². The second-order valence-corrected chi connectivity index (χ2v) is 8.32. The molecule has 1 aromatic heterocycles. The number of nitrogens with zero attached hydrogens (tertiary/aromatic N) is 2. The summed E-state index contributed by atoms with van der Waals surface area (Å²) in [4.78, 5) is 15.7. The van der Waals surface area contributed by atoms with E-state index in [4.69, 9.17) is 10.5 Å². The van der Waals surface area contributed by atoms with Gasteiger partial charge in [0.05, 0.1) is 12.5 Å². The van der Waals surface area contributed by atoms with Crippen LogP contribution in [0.2, 0.25) is 0 Å². The van der Waals surface area contributed by atoms with E-state index in [1.54, 1.807) is 7.05 Å². The fraction of sp³-hybridized carbons (Fsp3) is 0.500. The number of sulfonamides is 1. The van der Waals surface area contributed by atoms with Crippen molar-refractivity contribution in [2.24, 2.45) is 23.5 Å². The van der Waals surface area contributed by atoms with Crippen LogP contribution in [0.25, 0.3) is 0 Å². The van der Waals surface area contributed by atoms with Gasteiger partial charge in [-0.1, -0.05) is 0 Å². The number of halogens is 1. The third kappa shape index (κ3) is 3.44. The van der Waals surface area contributed by atoms with Crippen LogP contribution in [-0.2, 0) is 14.8 Å². The predicted octanol–water partition coefficient (Wildman–Crippen LogP) is -0.115. The Morgan fingerprint density at radius 1 is 1.46 bits per heavy atom. The number of rotatable bonds is 7. The van der Waals surface area contributed by atoms with E-state index in [2.05, 4.69) is 10.3 Å². The molecule has 2 unspecified atom stereocenters. The zero-order valence-electron chi connectivity index (χ0n) is 14.3. The highest BCUT2D eigenvalue weighted by Gasteiger charge is 2.61. The monoisotopic (exact) mass is 384 g/mol. The molecule has 2 heterocycles. The molecule has 3 rings (SSSR count). The Bertz CT molecular complexity index is 800. The highest BCUT2D eigenvalue weighted by molar-refractivity contribution is 7.89. The third-order valence-corrected chi connectivity index (χ3v) is 6.69. The zero-order chi connectivity index (χ0) is 18.9. The number of hydrogen-bond acceptors (Lipinski definition) is 6. The molecule has 1 saturated carbocycles. The van der Waals surface area contributed by atoms with Gasteiger partial charge in [0.1, 0.15) is 11.5 Å². The average Bonchev–Trinajstić information content (AvgIpc) is 3.15. The minimum absolute atomic E-state index is 0.0251. The summed E-state index contributed by atoms with van der Waals surface area (Å²) < 4.78 is 44.5. The molecule has 26 heavy (non-hydrogen) atoms. The maximum absolute atomic E-state index is 12.7. The standard InChI is InChI=1S/C16H21FN4O4S/c1-19-16(22)15-12-7-21(8-13(12)15)26(23,24)11-2-3-14(20-6-11)25-9-10(4-17)5-18/h2-4,6,12-13,15H,5,7-9,18H2,1H3,(H,19,22)/b10-4+. The van der Waals surface area contributed by atoms with Gasteiger partial charge in [-0.3, -0.25) is 4.79 Å². The van der Waals surface area contributed by atoms with Crippen LogP contribution in [0.15, 0.2) is 35.1 Å². The lowest BCUT2D eigenvalue weighted by Gasteiger charge is -2.19. The van der Waals surface area contributed by atoms with Crippen molar-refractivity contribution in [2.45, 2.75) is 4.90 Å². The second kappa shape index (κ2) is 7.29. The first kappa shape index (κ1) is 18.7. The third-order valence-electron chi connectivity index (χ3n) is 4.88. The van der Waals surface area contributed by atoms with Crippen LogP contribution in [-0.4, -0.2) is 56.9 Å². The van der Waals surface area contributed by atoms with Crippen LogP contribution in [0.3, 0.4) is 0 Å². The van der Waals surface area contributed by atoms with Crippen LogP contribution in [0, 0.1) is 17.8 Å². The average molecular weight is 384 g/mol. The van der Waals surface area contributed by atoms with Crippen molar-refractivity contribution in [3.8, 4) is 5.88 Å². The lowest BCUT2D eigenvalue weighted by Crippen LogP contribution is -2.34. The van der Waals surface area contributed by atoms with Gasteiger partial charge in [0.2, 0.25) is 21.8 Å². The second-order valence-electron chi connectivity index (χ2n) is 6.38. The Balaban J connectivity index is 1.62. The lowest BCUT2D eigenvalue weighted by molar-refractivity contribution is -0.122. The SMILES string of the molecule is CNC(=O)C1C2CN(S(=O)(=O)c3ccc(OC/C(=C/F)CN)nc3)CC21. The number of aromatic nitrogens is 1. The van der Waals surface area contributed by atoms with Gasteiger partial charge in [-0.2, -0.15) is 4.31 Å². The molecular formula is C16H21FN4O4S. The summed E-state index contributed by atoms with van der Waals surface area (Å²) in [5.74, 6) is 0.241. The summed E-state index contributed by atoms with van der Waals surface area (Å²) in [6.45, 7) is 0.648. The van der Waals surface area contributed by atoms with Gasteiger partial charge in [0.15, 0.2) is 0 Å². The molecule has 142 valence electrons. The summed E-state index contributed by atoms with van der Waals surface area (Å²) in [7, 11) is -2.08. The maximum Gasteiger partial charge on any atom is 0.244 e. The Morgan fingerprint density at radius 3 is 2.65 bits per heavy atom. The minimum Gasteiger partial charge on any atom is -0.473 e. The van der Waals surface area contributed by atoms with Crippen molar-refractivity contribution >= 4 is 15.9 Å². The van der Waals surface area contributed by atoms with E-state index in [0.717, 1.165) is 0 Å². The van der Waals surface area contributed by atoms with Gasteiger partial charge in [0, 0.05) is 44.2 Å². The summed E-state index contributed by atoms with van der Waals surface area (Å²) >= 11 is 0. The fourth-order valence-electron chi connectivity index (χ4n) is 3.29. The van der Waals surface area contributed by atoms with Crippen molar-refractivity contribution in [1.29, 1.82) is 0 Å². The van der Waals surface area contributed by atoms with Gasteiger partial charge < -0.3 is 15.8 Å². The van der Waals surface area contributed by atoms with Crippen molar-refractivity contribution in [2.75, 3.05) is 33.3 Å². The fourth-order valence-corrected chi connectivity index (χ4v) is 4.76. The molecule has 1 aliphatic heterocycles. The van der Waals surface area contributed by atoms with E-state index >= 15 is 0 Å². The number of ether oxygens (including phenoxy) is 1. The van der Waals surface area contributed by atoms with Crippen molar-refractivity contribution in [3.05, 3.63) is 30.2 Å². The number of carbonyl (C=O) groups is 1. The quantitative estimate of drug-likeness (QED) is 0.678. The molecule has 1 amide bonds. The number of hydrogen-bond donors (Lipinski definition) is 2.